The molecule has 0 aromatic carbocycles. The van der Waals surface area contributed by atoms with Gasteiger partial charge in [0.15, 0.2) is 0 Å². The molecule has 2 aliphatic carbocycles. The van der Waals surface area contributed by atoms with Crippen molar-refractivity contribution >= 4 is 0 Å². The fraction of sp³-hybridized carbons (Fsp3) is 0.750. The minimum absolute atomic E-state index is 0.103. The summed E-state index contributed by atoms with van der Waals surface area (Å²) >= 11 is 0. The minimum atomic E-state index is 0.103. The van der Waals surface area contributed by atoms with Crippen LogP contribution < -0.4 is 5.73 Å². The van der Waals surface area contributed by atoms with Crippen LogP contribution in [-0.2, 0) is 12.5 Å². The molecule has 3 heteroatoms. The lowest BCUT2D eigenvalue weighted by Crippen LogP contribution is -2.38. The van der Waals surface area contributed by atoms with Crippen LogP contribution in [0, 0.1) is 13.8 Å². The van der Waals surface area contributed by atoms with Gasteiger partial charge in [0, 0.05) is 29.3 Å². The van der Waals surface area contributed by atoms with E-state index in [1.165, 1.54) is 42.6 Å². The molecule has 2 N–H and O–H groups in total. The summed E-state index contributed by atoms with van der Waals surface area (Å²) in [4.78, 5) is 0. The van der Waals surface area contributed by atoms with Crippen LogP contribution in [0.2, 0.25) is 0 Å². The summed E-state index contributed by atoms with van der Waals surface area (Å²) in [5.41, 5.74) is 10.8. The Labute approximate surface area is 90.7 Å². The zero-order valence-corrected chi connectivity index (χ0v) is 9.80. The van der Waals surface area contributed by atoms with E-state index in [0.717, 1.165) is 0 Å². The first-order chi connectivity index (χ1) is 7.00. The van der Waals surface area contributed by atoms with Gasteiger partial charge in [-0.1, -0.05) is 0 Å². The Bertz CT molecular complexity index is 422. The molecule has 1 aromatic rings. The largest absolute Gasteiger partial charge is 0.324 e. The summed E-state index contributed by atoms with van der Waals surface area (Å²) in [6.07, 6.45) is 4.91. The second-order valence-corrected chi connectivity index (χ2v) is 5.41. The Morgan fingerprint density at radius 2 is 1.80 bits per heavy atom. The van der Waals surface area contributed by atoms with E-state index in [-0.39, 0.29) is 11.0 Å². The van der Waals surface area contributed by atoms with E-state index in [1.54, 1.807) is 0 Å². The quantitative estimate of drug-likeness (QED) is 0.796. The van der Waals surface area contributed by atoms with Crippen LogP contribution in [0.3, 0.4) is 0 Å². The smallest absolute Gasteiger partial charge is 0.0634 e. The fourth-order valence-corrected chi connectivity index (χ4v) is 3.20. The maximum absolute atomic E-state index is 6.43. The first kappa shape index (κ1) is 9.40. The Kier molecular flexibility index (Phi) is 1.54. The van der Waals surface area contributed by atoms with E-state index >= 15 is 0 Å². The van der Waals surface area contributed by atoms with Crippen LogP contribution >= 0.6 is 0 Å². The van der Waals surface area contributed by atoms with Crippen molar-refractivity contribution in [3.63, 3.8) is 0 Å². The van der Waals surface area contributed by atoms with E-state index in [9.17, 15) is 0 Å². The molecule has 0 bridgehead atoms. The predicted octanol–water partition coefficient (Wildman–Crippen LogP) is 1.56. The Morgan fingerprint density at radius 1 is 1.20 bits per heavy atom. The number of aryl methyl sites for hydroxylation is 2. The maximum atomic E-state index is 6.43. The first-order valence-corrected chi connectivity index (χ1v) is 5.80. The average molecular weight is 205 g/mol. The van der Waals surface area contributed by atoms with Crippen LogP contribution in [0.1, 0.15) is 42.6 Å². The lowest BCUT2D eigenvalue weighted by molar-refractivity contribution is 0.498. The van der Waals surface area contributed by atoms with Gasteiger partial charge < -0.3 is 5.73 Å². The molecule has 82 valence electrons. The molecule has 2 saturated carbocycles. The molecule has 0 aliphatic heterocycles. The Morgan fingerprint density at radius 3 is 2.13 bits per heavy atom. The lowest BCUT2D eigenvalue weighted by Gasteiger charge is -2.23. The summed E-state index contributed by atoms with van der Waals surface area (Å²) in [6, 6.07) is 0. The van der Waals surface area contributed by atoms with Crippen LogP contribution in [0.4, 0.5) is 0 Å². The zero-order valence-electron chi connectivity index (χ0n) is 9.80. The van der Waals surface area contributed by atoms with Crippen LogP contribution in [0.15, 0.2) is 0 Å². The van der Waals surface area contributed by atoms with Crippen molar-refractivity contribution in [3.8, 4) is 0 Å². The van der Waals surface area contributed by atoms with Gasteiger partial charge in [0.2, 0.25) is 0 Å². The molecule has 3 rings (SSSR count). The van der Waals surface area contributed by atoms with Crippen molar-refractivity contribution in [2.75, 3.05) is 0 Å². The van der Waals surface area contributed by atoms with Gasteiger partial charge in [-0.15, -0.1) is 0 Å². The molecule has 0 amide bonds. The SMILES string of the molecule is Cc1nn(C)c(C)c1C1(C2(N)CC2)CC1. The number of hydrogen-bond donors (Lipinski definition) is 1. The second kappa shape index (κ2) is 2.46. The Hall–Kier alpha value is -0.830. The number of aromatic nitrogens is 2. The van der Waals surface area contributed by atoms with Crippen molar-refractivity contribution < 1.29 is 0 Å². The predicted molar refractivity (Wildman–Crippen MR) is 59.7 cm³/mol. The van der Waals surface area contributed by atoms with E-state index in [0.29, 0.717) is 0 Å². The lowest BCUT2D eigenvalue weighted by atomic mass is 9.85. The van der Waals surface area contributed by atoms with Gasteiger partial charge in [-0.05, 0) is 39.5 Å². The third-order valence-corrected chi connectivity index (χ3v) is 4.48. The highest BCUT2D eigenvalue weighted by Gasteiger charge is 2.65. The summed E-state index contributed by atoms with van der Waals surface area (Å²) in [7, 11) is 2.03. The highest BCUT2D eigenvalue weighted by molar-refractivity contribution is 5.45. The molecule has 0 unspecified atom stereocenters. The summed E-state index contributed by atoms with van der Waals surface area (Å²) < 4.78 is 2.00. The van der Waals surface area contributed by atoms with E-state index in [2.05, 4.69) is 18.9 Å². The number of rotatable bonds is 2. The minimum Gasteiger partial charge on any atom is -0.324 e. The molecule has 0 spiro atoms. The summed E-state index contributed by atoms with van der Waals surface area (Å²) in [5, 5.41) is 4.52. The fourth-order valence-electron chi connectivity index (χ4n) is 3.20. The van der Waals surface area contributed by atoms with Crippen LogP contribution in [0.5, 0.6) is 0 Å². The number of nitrogens with zero attached hydrogens (tertiary/aromatic N) is 2. The number of hydrogen-bond acceptors (Lipinski definition) is 2. The Balaban J connectivity index is 2.13. The second-order valence-electron chi connectivity index (χ2n) is 5.41. The van der Waals surface area contributed by atoms with E-state index in [4.69, 9.17) is 5.73 Å². The molecule has 3 nitrogen and oxygen atoms in total. The molecule has 1 heterocycles. The van der Waals surface area contributed by atoms with Gasteiger partial charge in [0.1, 0.15) is 0 Å². The molecule has 2 aliphatic rings. The van der Waals surface area contributed by atoms with Gasteiger partial charge in [-0.25, -0.2) is 0 Å². The normalized spacial score (nSPS) is 25.3. The molecule has 0 radical (unpaired) electrons. The highest BCUT2D eigenvalue weighted by Crippen LogP contribution is 2.64. The zero-order chi connectivity index (χ0) is 10.8. The van der Waals surface area contributed by atoms with Gasteiger partial charge in [0.25, 0.3) is 0 Å². The summed E-state index contributed by atoms with van der Waals surface area (Å²) in [6.45, 7) is 4.29. The maximum Gasteiger partial charge on any atom is 0.0634 e. The molecular weight excluding hydrogens is 186 g/mol. The van der Waals surface area contributed by atoms with Crippen molar-refractivity contribution in [2.45, 2.75) is 50.5 Å². The first-order valence-electron chi connectivity index (χ1n) is 5.80. The van der Waals surface area contributed by atoms with Gasteiger partial charge in [-0.2, -0.15) is 5.10 Å². The topological polar surface area (TPSA) is 43.8 Å². The van der Waals surface area contributed by atoms with Gasteiger partial charge >= 0.3 is 0 Å². The van der Waals surface area contributed by atoms with Gasteiger partial charge in [0.05, 0.1) is 5.69 Å². The monoisotopic (exact) mass is 205 g/mol. The standard InChI is InChI=1S/C12H19N3/c1-8-10(9(2)15(3)14-8)11(4-5-11)12(13)6-7-12/h4-7,13H2,1-3H3. The third-order valence-electron chi connectivity index (χ3n) is 4.48. The summed E-state index contributed by atoms with van der Waals surface area (Å²) in [5.74, 6) is 0. The van der Waals surface area contributed by atoms with Crippen LogP contribution in [0.25, 0.3) is 0 Å². The molecule has 0 saturated heterocycles. The molecule has 2 fully saturated rings. The molecule has 0 atom stereocenters. The molecule has 15 heavy (non-hydrogen) atoms. The van der Waals surface area contributed by atoms with Crippen LogP contribution in [-0.4, -0.2) is 15.3 Å². The molecular formula is C12H19N3. The van der Waals surface area contributed by atoms with E-state index in [1.807, 2.05) is 11.7 Å². The van der Waals surface area contributed by atoms with Gasteiger partial charge in [-0.3, -0.25) is 4.68 Å². The van der Waals surface area contributed by atoms with Crippen molar-refractivity contribution in [1.82, 2.24) is 9.78 Å². The van der Waals surface area contributed by atoms with Crippen molar-refractivity contribution in [2.24, 2.45) is 12.8 Å². The third kappa shape index (κ3) is 1.02. The van der Waals surface area contributed by atoms with Crippen molar-refractivity contribution in [1.29, 1.82) is 0 Å². The van der Waals surface area contributed by atoms with E-state index < -0.39 is 0 Å². The highest BCUT2D eigenvalue weighted by atomic mass is 15.3. The average Bonchev–Trinajstić information content (AvgIpc) is 3.02. The molecule has 1 aromatic heterocycles. The number of nitrogens with two attached hydrogens (primary N) is 1. The van der Waals surface area contributed by atoms with Crippen molar-refractivity contribution in [3.05, 3.63) is 17.0 Å².